The highest BCUT2D eigenvalue weighted by Crippen LogP contribution is 2.27. The Morgan fingerprint density at radius 3 is 2.59 bits per heavy atom. The summed E-state index contributed by atoms with van der Waals surface area (Å²) < 4.78 is 19.9. The number of hydrogen-bond donors (Lipinski definition) is 1. The number of aryl methyl sites for hydroxylation is 1. The molecule has 22 heavy (non-hydrogen) atoms. The van der Waals surface area contributed by atoms with Gasteiger partial charge in [-0.25, -0.2) is 9.37 Å². The maximum Gasteiger partial charge on any atom is 0.225 e. The Hall–Kier alpha value is -1.43. The summed E-state index contributed by atoms with van der Waals surface area (Å²) in [5.74, 6) is 0.543. The van der Waals surface area contributed by atoms with E-state index in [1.165, 1.54) is 0 Å². The number of likely N-dealkylation sites (tertiary alicyclic amines) is 1. The molecule has 2 rings (SSSR count). The fourth-order valence-corrected chi connectivity index (χ4v) is 2.50. The van der Waals surface area contributed by atoms with Gasteiger partial charge in [0, 0.05) is 32.0 Å². The molecule has 0 unspecified atom stereocenters. The lowest BCUT2D eigenvalue weighted by Gasteiger charge is -2.36. The van der Waals surface area contributed by atoms with Gasteiger partial charge in [0.25, 0.3) is 0 Å². The molecule has 0 aromatic carbocycles. The number of rotatable bonds is 4. The molecular weight excluding hydrogens is 285 g/mol. The lowest BCUT2D eigenvalue weighted by molar-refractivity contribution is -0.129. The van der Waals surface area contributed by atoms with E-state index in [1.807, 2.05) is 27.7 Å². The van der Waals surface area contributed by atoms with E-state index < -0.39 is 11.1 Å². The van der Waals surface area contributed by atoms with Crippen molar-refractivity contribution in [1.82, 2.24) is 15.2 Å². The van der Waals surface area contributed by atoms with Crippen molar-refractivity contribution in [2.75, 3.05) is 19.6 Å². The van der Waals surface area contributed by atoms with Crippen LogP contribution >= 0.6 is 0 Å². The van der Waals surface area contributed by atoms with Crippen LogP contribution < -0.4 is 5.32 Å². The number of halogens is 1. The Morgan fingerprint density at radius 1 is 1.45 bits per heavy atom. The minimum atomic E-state index is -1.31. The topological polar surface area (TPSA) is 58.4 Å². The summed E-state index contributed by atoms with van der Waals surface area (Å²) in [4.78, 5) is 18.3. The Kier molecular flexibility index (Phi) is 4.90. The number of nitrogens with zero attached hydrogens (tertiary/aromatic N) is 2. The standard InChI is InChI=1S/C16H26FN3O2/c1-12-19-13(10-22-12)9-20-7-5-16(17,6-8-20)11-18-14(21)15(2,3)4/h10H,5-9,11H2,1-4H3,(H,18,21). The molecule has 2 heterocycles. The summed E-state index contributed by atoms with van der Waals surface area (Å²) in [6.07, 6.45) is 2.50. The molecule has 0 aliphatic carbocycles. The van der Waals surface area contributed by atoms with E-state index in [4.69, 9.17) is 4.42 Å². The molecule has 0 spiro atoms. The molecule has 0 saturated carbocycles. The van der Waals surface area contributed by atoms with Crippen LogP contribution in [0.4, 0.5) is 4.39 Å². The zero-order valence-electron chi connectivity index (χ0n) is 13.9. The Labute approximate surface area is 131 Å². The van der Waals surface area contributed by atoms with Crippen molar-refractivity contribution < 1.29 is 13.6 Å². The first kappa shape index (κ1) is 16.9. The molecule has 0 atom stereocenters. The number of nitrogens with one attached hydrogen (secondary N) is 1. The predicted molar refractivity (Wildman–Crippen MR) is 82.1 cm³/mol. The average Bonchev–Trinajstić information content (AvgIpc) is 2.83. The number of piperidine rings is 1. The summed E-state index contributed by atoms with van der Waals surface area (Å²) in [5, 5.41) is 2.74. The van der Waals surface area contributed by atoms with E-state index in [9.17, 15) is 9.18 Å². The third-order valence-electron chi connectivity index (χ3n) is 4.05. The highest BCUT2D eigenvalue weighted by molar-refractivity contribution is 5.81. The molecule has 5 nitrogen and oxygen atoms in total. The molecule has 1 aromatic heterocycles. The van der Waals surface area contributed by atoms with Crippen LogP contribution in [0.3, 0.4) is 0 Å². The first-order chi connectivity index (χ1) is 10.2. The van der Waals surface area contributed by atoms with Gasteiger partial charge in [-0.3, -0.25) is 9.69 Å². The van der Waals surface area contributed by atoms with Gasteiger partial charge in [0.2, 0.25) is 5.91 Å². The van der Waals surface area contributed by atoms with Crippen LogP contribution in [0.15, 0.2) is 10.7 Å². The van der Waals surface area contributed by atoms with Crippen LogP contribution in [0.1, 0.15) is 45.2 Å². The average molecular weight is 311 g/mol. The number of alkyl halides is 1. The highest BCUT2D eigenvalue weighted by Gasteiger charge is 2.36. The minimum absolute atomic E-state index is 0.0972. The second kappa shape index (κ2) is 6.36. The second-order valence-electron chi connectivity index (χ2n) is 7.22. The van der Waals surface area contributed by atoms with Crippen LogP contribution in [-0.2, 0) is 11.3 Å². The van der Waals surface area contributed by atoms with Crippen molar-refractivity contribution in [2.45, 2.75) is 52.8 Å². The van der Waals surface area contributed by atoms with Gasteiger partial charge in [-0.2, -0.15) is 0 Å². The van der Waals surface area contributed by atoms with Gasteiger partial charge in [-0.15, -0.1) is 0 Å². The van der Waals surface area contributed by atoms with Crippen LogP contribution in [0.5, 0.6) is 0 Å². The number of carbonyl (C=O) groups excluding carboxylic acids is 1. The van der Waals surface area contributed by atoms with Crippen LogP contribution in [0.25, 0.3) is 0 Å². The van der Waals surface area contributed by atoms with Crippen LogP contribution in [0.2, 0.25) is 0 Å². The van der Waals surface area contributed by atoms with Crippen LogP contribution in [-0.4, -0.2) is 41.1 Å². The molecule has 1 fully saturated rings. The number of hydrogen-bond acceptors (Lipinski definition) is 4. The summed E-state index contributed by atoms with van der Waals surface area (Å²) in [7, 11) is 0. The van der Waals surface area contributed by atoms with Gasteiger partial charge in [0.05, 0.1) is 12.2 Å². The van der Waals surface area contributed by atoms with Crippen molar-refractivity contribution in [3.63, 3.8) is 0 Å². The van der Waals surface area contributed by atoms with Crippen molar-refractivity contribution in [3.05, 3.63) is 17.8 Å². The molecule has 1 aliphatic rings. The van der Waals surface area contributed by atoms with E-state index in [0.29, 0.717) is 38.4 Å². The number of oxazole rings is 1. The largest absolute Gasteiger partial charge is 0.449 e. The molecule has 1 aromatic rings. The highest BCUT2D eigenvalue weighted by atomic mass is 19.1. The lowest BCUT2D eigenvalue weighted by atomic mass is 9.91. The SMILES string of the molecule is Cc1nc(CN2CCC(F)(CNC(=O)C(C)(C)C)CC2)co1. The zero-order valence-corrected chi connectivity index (χ0v) is 13.9. The van der Waals surface area contributed by atoms with Gasteiger partial charge in [-0.05, 0) is 12.8 Å². The summed E-state index contributed by atoms with van der Waals surface area (Å²) >= 11 is 0. The molecule has 124 valence electrons. The molecule has 0 radical (unpaired) electrons. The number of carbonyl (C=O) groups is 1. The molecule has 1 amide bonds. The van der Waals surface area contributed by atoms with E-state index in [-0.39, 0.29) is 12.5 Å². The maximum absolute atomic E-state index is 14.8. The van der Waals surface area contributed by atoms with Crippen molar-refractivity contribution >= 4 is 5.91 Å². The smallest absolute Gasteiger partial charge is 0.225 e. The van der Waals surface area contributed by atoms with Gasteiger partial charge < -0.3 is 9.73 Å². The first-order valence-electron chi connectivity index (χ1n) is 7.79. The number of amides is 1. The lowest BCUT2D eigenvalue weighted by Crippen LogP contribution is -2.49. The van der Waals surface area contributed by atoms with E-state index in [2.05, 4.69) is 15.2 Å². The van der Waals surface area contributed by atoms with Gasteiger partial charge >= 0.3 is 0 Å². The van der Waals surface area contributed by atoms with Gasteiger partial charge in [0.15, 0.2) is 5.89 Å². The Morgan fingerprint density at radius 2 is 2.09 bits per heavy atom. The fourth-order valence-electron chi connectivity index (χ4n) is 2.50. The van der Waals surface area contributed by atoms with Gasteiger partial charge in [-0.1, -0.05) is 20.8 Å². The maximum atomic E-state index is 14.8. The van der Waals surface area contributed by atoms with Crippen molar-refractivity contribution in [1.29, 1.82) is 0 Å². The first-order valence-corrected chi connectivity index (χ1v) is 7.79. The monoisotopic (exact) mass is 311 g/mol. The molecule has 6 heteroatoms. The quantitative estimate of drug-likeness (QED) is 0.928. The van der Waals surface area contributed by atoms with E-state index in [1.54, 1.807) is 6.26 Å². The summed E-state index contributed by atoms with van der Waals surface area (Å²) in [6.45, 7) is 9.40. The van der Waals surface area contributed by atoms with Crippen LogP contribution in [0, 0.1) is 12.3 Å². The van der Waals surface area contributed by atoms with Crippen molar-refractivity contribution in [2.24, 2.45) is 5.41 Å². The Bertz CT molecular complexity index is 514. The minimum Gasteiger partial charge on any atom is -0.449 e. The van der Waals surface area contributed by atoms with E-state index >= 15 is 0 Å². The third-order valence-corrected chi connectivity index (χ3v) is 4.05. The molecule has 1 saturated heterocycles. The summed E-state index contributed by atoms with van der Waals surface area (Å²) in [6, 6.07) is 0. The normalized spacial score (nSPS) is 19.1. The fraction of sp³-hybridized carbons (Fsp3) is 0.750. The van der Waals surface area contributed by atoms with E-state index in [0.717, 1.165) is 5.69 Å². The van der Waals surface area contributed by atoms with Crippen molar-refractivity contribution in [3.8, 4) is 0 Å². The third kappa shape index (κ3) is 4.53. The molecule has 0 bridgehead atoms. The molecule has 1 N–H and O–H groups in total. The summed E-state index contributed by atoms with van der Waals surface area (Å²) in [5.41, 5.74) is -0.913. The molecule has 1 aliphatic heterocycles. The Balaban J connectivity index is 1.79. The number of aromatic nitrogens is 1. The molecular formula is C16H26FN3O2. The zero-order chi connectivity index (χ0) is 16.4. The second-order valence-corrected chi connectivity index (χ2v) is 7.22. The predicted octanol–water partition coefficient (Wildman–Crippen LogP) is 2.45. The van der Waals surface area contributed by atoms with Gasteiger partial charge in [0.1, 0.15) is 11.9 Å².